The van der Waals surface area contributed by atoms with Crippen LogP contribution < -0.4 is 9.79 Å². The summed E-state index contributed by atoms with van der Waals surface area (Å²) in [6, 6.07) is 0. The molecule has 4 unspecified atom stereocenters. The molecule has 0 amide bonds. The number of carbonyl (C=O) groups is 4. The number of ether oxygens (including phenoxy) is 4. The van der Waals surface area contributed by atoms with Crippen LogP contribution in [0.1, 0.15) is 336 Å². The predicted molar refractivity (Wildman–Crippen MR) is 331 cm³/mol. The number of esters is 4. The van der Waals surface area contributed by atoms with E-state index in [0.29, 0.717) is 25.7 Å². The molecular formula is C65H124O17P2-2. The van der Waals surface area contributed by atoms with Gasteiger partial charge in [-0.25, -0.2) is 0 Å². The van der Waals surface area contributed by atoms with Crippen LogP contribution in [0.2, 0.25) is 0 Å². The van der Waals surface area contributed by atoms with Gasteiger partial charge in [0.2, 0.25) is 0 Å². The van der Waals surface area contributed by atoms with Crippen molar-refractivity contribution in [2.24, 2.45) is 0 Å². The molecule has 0 radical (unpaired) electrons. The molecule has 0 aliphatic heterocycles. The number of rotatable bonds is 66. The van der Waals surface area contributed by atoms with Crippen LogP contribution in [0.3, 0.4) is 0 Å². The van der Waals surface area contributed by atoms with Crippen molar-refractivity contribution in [2.45, 2.75) is 354 Å². The van der Waals surface area contributed by atoms with E-state index in [1.165, 1.54) is 167 Å². The summed E-state index contributed by atoms with van der Waals surface area (Å²) >= 11 is 0. The summed E-state index contributed by atoms with van der Waals surface area (Å²) in [5, 5.41) is 10.5. The lowest BCUT2D eigenvalue weighted by molar-refractivity contribution is -0.233. The smallest absolute Gasteiger partial charge is 0.306 e. The number of hydrogen-bond acceptors (Lipinski definition) is 17. The van der Waals surface area contributed by atoms with Gasteiger partial charge < -0.3 is 51.9 Å². The first-order chi connectivity index (χ1) is 40.7. The fraction of sp³-hybridized carbons (Fsp3) is 0.938. The Morgan fingerprint density at radius 3 is 0.714 bits per heavy atom. The van der Waals surface area contributed by atoms with Crippen molar-refractivity contribution in [1.29, 1.82) is 0 Å². The highest BCUT2D eigenvalue weighted by Crippen LogP contribution is 2.41. The Balaban J connectivity index is 5.24. The number of unbranched alkanes of at least 4 members (excludes halogenated alkanes) is 40. The molecule has 0 aliphatic carbocycles. The topological polar surface area (TPSA) is 243 Å². The highest BCUT2D eigenvalue weighted by atomic mass is 31.2. The van der Waals surface area contributed by atoms with E-state index in [-0.39, 0.29) is 25.7 Å². The van der Waals surface area contributed by atoms with Gasteiger partial charge in [-0.05, 0) is 25.7 Å². The average Bonchev–Trinajstić information content (AvgIpc) is 3.58. The van der Waals surface area contributed by atoms with Crippen LogP contribution in [-0.2, 0) is 65.4 Å². The van der Waals surface area contributed by atoms with Crippen LogP contribution in [0.4, 0.5) is 0 Å². The molecule has 1 N–H and O–H groups in total. The molecule has 0 saturated heterocycles. The molecule has 0 rings (SSSR count). The van der Waals surface area contributed by atoms with Crippen LogP contribution in [0, 0.1) is 0 Å². The summed E-state index contributed by atoms with van der Waals surface area (Å²) < 4.78 is 67.2. The summed E-state index contributed by atoms with van der Waals surface area (Å²) in [5.41, 5.74) is 0. The molecule has 84 heavy (non-hydrogen) atoms. The summed E-state index contributed by atoms with van der Waals surface area (Å²) in [4.78, 5) is 76.8. The first kappa shape index (κ1) is 82.1. The average molecular weight is 1240 g/mol. The molecule has 4 atom stereocenters. The largest absolute Gasteiger partial charge is 0.756 e. The minimum atomic E-state index is -5.21. The van der Waals surface area contributed by atoms with Gasteiger partial charge in [-0.1, -0.05) is 285 Å². The Bertz CT molecular complexity index is 1510. The molecule has 0 heterocycles. The molecule has 0 aromatic rings. The highest BCUT2D eigenvalue weighted by molar-refractivity contribution is 7.46. The third-order valence-electron chi connectivity index (χ3n) is 15.1. The maximum atomic E-state index is 12.9. The zero-order valence-electron chi connectivity index (χ0n) is 53.8. The van der Waals surface area contributed by atoms with Gasteiger partial charge in [0.05, 0.1) is 26.4 Å². The second-order valence-corrected chi connectivity index (χ2v) is 26.3. The molecule has 498 valence electrons. The second-order valence-electron chi connectivity index (χ2n) is 23.5. The monoisotopic (exact) mass is 1240 g/mol. The lowest BCUT2D eigenvalue weighted by Gasteiger charge is -2.28. The van der Waals surface area contributed by atoms with E-state index < -0.39 is 97.5 Å². The van der Waals surface area contributed by atoms with Crippen LogP contribution in [0.15, 0.2) is 0 Å². The zero-order chi connectivity index (χ0) is 61.9. The quantitative estimate of drug-likeness (QED) is 0.0257. The molecule has 0 aliphatic rings. The number of phosphoric ester groups is 2. The van der Waals surface area contributed by atoms with Gasteiger partial charge in [-0.15, -0.1) is 0 Å². The molecule has 0 fully saturated rings. The molecule has 0 saturated carbocycles. The van der Waals surface area contributed by atoms with Crippen molar-refractivity contribution in [3.63, 3.8) is 0 Å². The molecule has 0 aromatic carbocycles. The number of phosphoric acid groups is 2. The standard InChI is InChI=1S/C65H126O17P2/c1-5-9-13-17-21-25-29-33-37-41-45-49-62(67)75-55-60(81-64(69)51-47-43-39-35-31-27-23-19-15-11-7-3)57-79-83(71,72)77-53-59(66)54-78-84(73,74)80-58-61(82-65(70)52-48-44-40-36-32-28-24-20-16-12-8-4)56-76-63(68)50-46-42-38-34-30-26-22-18-14-10-6-2/h59-61,66H,5-58H2,1-4H3,(H,71,72)(H,73,74)/p-2. The Morgan fingerprint density at radius 1 is 0.298 bits per heavy atom. The second kappa shape index (κ2) is 60.0. The van der Waals surface area contributed by atoms with E-state index in [1.54, 1.807) is 0 Å². The summed E-state index contributed by atoms with van der Waals surface area (Å²) in [5.74, 6) is -2.22. The van der Waals surface area contributed by atoms with Crippen LogP contribution in [0.5, 0.6) is 0 Å². The molecule has 17 nitrogen and oxygen atoms in total. The Hall–Kier alpha value is -1.94. The predicted octanol–water partition coefficient (Wildman–Crippen LogP) is 17.1. The SMILES string of the molecule is CCCCCCCCCCCCCC(=O)OCC(COP(=O)([O-])OCC(O)COP(=O)([O-])OCC(COC(=O)CCCCCCCCCCCCC)OC(=O)CCCCCCCCCCCCC)OC(=O)CCCCCCCCCCCCC. The molecule has 0 bridgehead atoms. The van der Waals surface area contributed by atoms with Crippen molar-refractivity contribution in [1.82, 2.24) is 0 Å². The molecule has 0 aromatic heterocycles. The Kier molecular flexibility index (Phi) is 58.6. The fourth-order valence-electron chi connectivity index (χ4n) is 9.80. The van der Waals surface area contributed by atoms with E-state index >= 15 is 0 Å². The van der Waals surface area contributed by atoms with Crippen molar-refractivity contribution < 1.29 is 80.2 Å². The van der Waals surface area contributed by atoms with E-state index in [1.807, 2.05) is 0 Å². The van der Waals surface area contributed by atoms with Crippen molar-refractivity contribution in [2.75, 3.05) is 39.6 Å². The van der Waals surface area contributed by atoms with Crippen LogP contribution in [-0.4, -0.2) is 86.9 Å². The van der Waals surface area contributed by atoms with Crippen LogP contribution >= 0.6 is 15.6 Å². The third kappa shape index (κ3) is 59.0. The summed E-state index contributed by atoms with van der Waals surface area (Å²) in [6.45, 7) is 4.49. The minimum absolute atomic E-state index is 0.0868. The van der Waals surface area contributed by atoms with E-state index in [4.69, 9.17) is 37.0 Å². The highest BCUT2D eigenvalue weighted by Gasteiger charge is 2.25. The number of hydrogen-bond donors (Lipinski definition) is 1. The maximum Gasteiger partial charge on any atom is 0.306 e. The molecular weight excluding hydrogens is 1110 g/mol. The maximum absolute atomic E-state index is 12.9. The number of aliphatic hydroxyl groups is 1. The number of aliphatic hydroxyl groups excluding tert-OH is 1. The molecule has 19 heteroatoms. The fourth-order valence-corrected chi connectivity index (χ4v) is 11.4. The van der Waals surface area contributed by atoms with Gasteiger partial charge in [0, 0.05) is 25.7 Å². The Morgan fingerprint density at radius 2 is 0.488 bits per heavy atom. The summed E-state index contributed by atoms with van der Waals surface area (Å²) in [7, 11) is -10.4. The van der Waals surface area contributed by atoms with E-state index in [0.717, 1.165) is 89.9 Å². The minimum Gasteiger partial charge on any atom is -0.756 e. The molecule has 0 spiro atoms. The van der Waals surface area contributed by atoms with Gasteiger partial charge >= 0.3 is 23.9 Å². The number of carbonyl (C=O) groups excluding carboxylic acids is 4. The van der Waals surface area contributed by atoms with Crippen molar-refractivity contribution >= 4 is 39.5 Å². The lowest BCUT2D eigenvalue weighted by atomic mass is 10.1. The third-order valence-corrected chi connectivity index (χ3v) is 16.9. The van der Waals surface area contributed by atoms with Gasteiger partial charge in [-0.2, -0.15) is 0 Å². The van der Waals surface area contributed by atoms with Crippen molar-refractivity contribution in [3.8, 4) is 0 Å². The van der Waals surface area contributed by atoms with E-state index in [2.05, 4.69) is 27.7 Å². The van der Waals surface area contributed by atoms with Gasteiger partial charge in [0.25, 0.3) is 15.6 Å². The Labute approximate surface area is 511 Å². The first-order valence-corrected chi connectivity index (χ1v) is 37.2. The van der Waals surface area contributed by atoms with Crippen LogP contribution in [0.25, 0.3) is 0 Å². The zero-order valence-corrected chi connectivity index (χ0v) is 55.6. The van der Waals surface area contributed by atoms with Gasteiger partial charge in [0.1, 0.15) is 19.3 Å². The lowest BCUT2D eigenvalue weighted by Crippen LogP contribution is -2.31. The van der Waals surface area contributed by atoms with Gasteiger partial charge in [0.15, 0.2) is 12.2 Å². The normalized spacial score (nSPS) is 14.1. The summed E-state index contributed by atoms with van der Waals surface area (Å²) in [6.07, 6.45) is 45.0. The van der Waals surface area contributed by atoms with Crippen molar-refractivity contribution in [3.05, 3.63) is 0 Å². The van der Waals surface area contributed by atoms with E-state index in [9.17, 15) is 43.2 Å². The van der Waals surface area contributed by atoms with Gasteiger partial charge in [-0.3, -0.25) is 28.3 Å². The first-order valence-electron chi connectivity index (χ1n) is 34.2.